The lowest BCUT2D eigenvalue weighted by Crippen LogP contribution is -2.47. The van der Waals surface area contributed by atoms with Crippen molar-refractivity contribution in [2.24, 2.45) is 11.3 Å². The summed E-state index contributed by atoms with van der Waals surface area (Å²) < 4.78 is 84.7. The highest BCUT2D eigenvalue weighted by Gasteiger charge is 2.48. The molecule has 3 aliphatic rings. The first kappa shape index (κ1) is 50.5. The number of carboxylic acid groups (broad SMARTS) is 1. The lowest BCUT2D eigenvalue weighted by molar-refractivity contribution is -0.143. The van der Waals surface area contributed by atoms with Crippen molar-refractivity contribution in [1.82, 2.24) is 14.5 Å². The Morgan fingerprint density at radius 2 is 1.58 bits per heavy atom. The van der Waals surface area contributed by atoms with Gasteiger partial charge in [0.25, 0.3) is 15.7 Å². The summed E-state index contributed by atoms with van der Waals surface area (Å²) in [4.78, 5) is 31.1. The Labute approximate surface area is 403 Å². The van der Waals surface area contributed by atoms with Crippen molar-refractivity contribution in [3.05, 3.63) is 119 Å². The van der Waals surface area contributed by atoms with Crippen LogP contribution in [0.1, 0.15) is 68.3 Å². The number of alkyl halides is 3. The number of nitrogens with zero attached hydrogens (tertiary/aromatic N) is 3. The number of thioether (sulfide) groups is 1. The number of carbonyl (C=O) groups excluding carboxylic acids is 1. The molecule has 1 unspecified atom stereocenters. The van der Waals surface area contributed by atoms with Crippen molar-refractivity contribution in [2.75, 3.05) is 68.3 Å². The summed E-state index contributed by atoms with van der Waals surface area (Å²) in [5.41, 5.74) is -0.580. The number of allylic oxidation sites excluding steroid dienone is 1. The zero-order valence-corrected chi connectivity index (χ0v) is 40.8. The molecular weight excluding hydrogens is 943 g/mol. The van der Waals surface area contributed by atoms with Gasteiger partial charge in [0.1, 0.15) is 4.90 Å². The first-order valence-electron chi connectivity index (χ1n) is 22.5. The topological polar surface area (TPSA) is 139 Å². The second kappa shape index (κ2) is 21.9. The number of carboxylic acids is 1. The highest BCUT2D eigenvalue weighted by Crippen LogP contribution is 2.43. The zero-order valence-electron chi connectivity index (χ0n) is 37.6. The van der Waals surface area contributed by atoms with Crippen LogP contribution in [-0.2, 0) is 25.6 Å². The number of piperazine rings is 1. The van der Waals surface area contributed by atoms with E-state index in [1.54, 1.807) is 24.3 Å². The molecular formula is C49H57ClF3N5O6S3. The van der Waals surface area contributed by atoms with Gasteiger partial charge in [0.2, 0.25) is 0 Å². The predicted octanol–water partition coefficient (Wildman–Crippen LogP) is 9.63. The highest BCUT2D eigenvalue weighted by molar-refractivity contribution is 7.99. The number of carbonyl (C=O) groups is 2. The normalized spacial score (nSPS) is 18.6. The van der Waals surface area contributed by atoms with Crippen LogP contribution in [0.15, 0.2) is 117 Å². The van der Waals surface area contributed by atoms with Crippen molar-refractivity contribution < 1.29 is 40.5 Å². The predicted molar refractivity (Wildman–Crippen MR) is 261 cm³/mol. The van der Waals surface area contributed by atoms with Crippen LogP contribution in [0.25, 0.3) is 5.57 Å². The fourth-order valence-electron chi connectivity index (χ4n) is 8.98. The van der Waals surface area contributed by atoms with Gasteiger partial charge < -0.3 is 20.2 Å². The largest absolute Gasteiger partial charge is 0.501 e. The Kier molecular flexibility index (Phi) is 16.5. The van der Waals surface area contributed by atoms with E-state index in [2.05, 4.69) is 50.7 Å². The molecule has 0 saturated carbocycles. The standard InChI is InChI=1S/C49H57ClF3N5O6S3/c1-48(2)22-18-43(34-8-12-38(50)13-9-34)37(31-48)32-57-26-28-58(29-27-57)40-14-10-35(11-15-40)46(59)55-66(62)42-16-17-44(45(30-42)67(63,64)49(51,52)53)54-39(33-65-41-6-4-3-5-7-41)21-25-56-23-19-36(20-24-56)47(60)61/h3-17,30,36,39,54H,18-29,31-33H2,1-2H3,(H,55,59)(H,60,61)/t39-,66?/m1/s1. The fourth-order valence-corrected chi connectivity index (χ4v) is 11.9. The number of sulfone groups is 1. The van der Waals surface area contributed by atoms with Gasteiger partial charge in [-0.15, -0.1) is 11.8 Å². The van der Waals surface area contributed by atoms with Crippen LogP contribution in [0, 0.1) is 11.3 Å². The molecule has 1 aliphatic carbocycles. The van der Waals surface area contributed by atoms with Crippen LogP contribution in [0.4, 0.5) is 24.5 Å². The average molecular weight is 1000 g/mol. The molecule has 2 saturated heterocycles. The second-order valence-electron chi connectivity index (χ2n) is 18.3. The maximum Gasteiger partial charge on any atom is 0.501 e. The van der Waals surface area contributed by atoms with Gasteiger partial charge in [0.15, 0.2) is 11.0 Å². The number of hydrogen-bond acceptors (Lipinski definition) is 10. The van der Waals surface area contributed by atoms with Crippen LogP contribution in [-0.4, -0.2) is 109 Å². The van der Waals surface area contributed by atoms with Gasteiger partial charge in [-0.2, -0.15) is 13.2 Å². The summed E-state index contributed by atoms with van der Waals surface area (Å²) in [5.74, 6) is -1.65. The molecule has 2 fully saturated rings. The Morgan fingerprint density at radius 3 is 2.22 bits per heavy atom. The molecule has 11 nitrogen and oxygen atoms in total. The summed E-state index contributed by atoms with van der Waals surface area (Å²) in [7, 11) is -8.37. The molecule has 1 amide bonds. The van der Waals surface area contributed by atoms with Crippen molar-refractivity contribution in [3.63, 3.8) is 0 Å². The number of halogens is 4. The minimum Gasteiger partial charge on any atom is -0.481 e. The maximum absolute atomic E-state index is 14.2. The number of amides is 1. The van der Waals surface area contributed by atoms with Crippen molar-refractivity contribution in [2.45, 2.75) is 78.6 Å². The average Bonchev–Trinajstić information content (AvgIpc) is 3.30. The lowest BCUT2D eigenvalue weighted by atomic mass is 9.73. The molecule has 2 atom stereocenters. The number of hydrogen-bond donors (Lipinski definition) is 3. The minimum atomic E-state index is -5.95. The minimum absolute atomic E-state index is 0.171. The molecule has 4 aromatic rings. The zero-order chi connectivity index (χ0) is 47.9. The Balaban J connectivity index is 0.996. The number of likely N-dealkylation sites (tertiary alicyclic amines) is 1. The van der Waals surface area contributed by atoms with Gasteiger partial charge in [-0.05, 0) is 135 Å². The van der Waals surface area contributed by atoms with Crippen LogP contribution in [0.5, 0.6) is 0 Å². The van der Waals surface area contributed by atoms with E-state index >= 15 is 0 Å². The molecule has 4 aromatic carbocycles. The Bertz CT molecular complexity index is 2530. The van der Waals surface area contributed by atoms with Gasteiger partial charge in [0.05, 0.1) is 16.5 Å². The number of nitrogens with one attached hydrogen (secondary N) is 2. The first-order valence-corrected chi connectivity index (χ1v) is 26.5. The number of aliphatic carboxylic acids is 1. The van der Waals surface area contributed by atoms with Gasteiger partial charge in [0, 0.05) is 72.2 Å². The Hall–Kier alpha value is -4.39. The summed E-state index contributed by atoms with van der Waals surface area (Å²) in [6, 6.07) is 26.8. The van der Waals surface area contributed by atoms with Crippen molar-refractivity contribution in [3.8, 4) is 0 Å². The van der Waals surface area contributed by atoms with E-state index in [1.807, 2.05) is 42.5 Å². The quantitative estimate of drug-likeness (QED) is 0.0872. The van der Waals surface area contributed by atoms with Crippen LogP contribution in [0.2, 0.25) is 5.02 Å². The Morgan fingerprint density at radius 1 is 0.910 bits per heavy atom. The first-order chi connectivity index (χ1) is 31.8. The van der Waals surface area contributed by atoms with E-state index in [0.29, 0.717) is 50.7 Å². The molecule has 0 bridgehead atoms. The van der Waals surface area contributed by atoms with Crippen LogP contribution < -0.4 is 14.9 Å². The fraction of sp³-hybridized carbons (Fsp3) is 0.429. The molecule has 7 rings (SSSR count). The number of benzene rings is 4. The van der Waals surface area contributed by atoms with Gasteiger partial charge >= 0.3 is 11.5 Å². The van der Waals surface area contributed by atoms with Gasteiger partial charge in [-0.1, -0.05) is 61.4 Å². The van der Waals surface area contributed by atoms with Crippen LogP contribution >= 0.6 is 23.4 Å². The molecule has 360 valence electrons. The molecule has 18 heteroatoms. The van der Waals surface area contributed by atoms with E-state index in [-0.39, 0.29) is 21.6 Å². The third-order valence-electron chi connectivity index (χ3n) is 12.9. The summed E-state index contributed by atoms with van der Waals surface area (Å²) >= 11 is 7.64. The van der Waals surface area contributed by atoms with E-state index in [4.69, 9.17) is 11.6 Å². The molecule has 0 spiro atoms. The lowest BCUT2D eigenvalue weighted by Gasteiger charge is -2.39. The number of piperidine rings is 1. The molecule has 3 N–H and O–H groups in total. The number of rotatable bonds is 17. The highest BCUT2D eigenvalue weighted by atomic mass is 35.5. The SMILES string of the molecule is CC1(C)CCC(c2ccc(Cl)cc2)=C(CN2CCN(c3ccc(C(=O)NS(=O)c4ccc(N[C@H](CCN5CCC(C(=O)O)CC5)CSc5ccccc5)c(S(=O)(=O)C(F)(F)F)c4)cc3)CC2)C1. The van der Waals surface area contributed by atoms with Crippen molar-refractivity contribution >= 4 is 73.0 Å². The van der Waals surface area contributed by atoms with Gasteiger partial charge in [-0.3, -0.25) is 19.2 Å². The van der Waals surface area contributed by atoms with E-state index in [0.717, 1.165) is 73.7 Å². The molecule has 0 radical (unpaired) electrons. The van der Waals surface area contributed by atoms with Crippen molar-refractivity contribution in [1.29, 1.82) is 0 Å². The third-order valence-corrected chi connectivity index (χ3v) is 16.9. The van der Waals surface area contributed by atoms with Gasteiger partial charge in [-0.25, -0.2) is 12.6 Å². The smallest absolute Gasteiger partial charge is 0.481 e. The monoisotopic (exact) mass is 999 g/mol. The number of anilines is 2. The van der Waals surface area contributed by atoms with E-state index in [9.17, 15) is 40.5 Å². The molecule has 2 aliphatic heterocycles. The van der Waals surface area contributed by atoms with E-state index in [1.165, 1.54) is 34.5 Å². The maximum atomic E-state index is 14.2. The summed E-state index contributed by atoms with van der Waals surface area (Å²) in [6.07, 6.45) is 4.55. The van der Waals surface area contributed by atoms with Crippen LogP contribution in [0.3, 0.4) is 0 Å². The molecule has 2 heterocycles. The second-order valence-corrected chi connectivity index (χ2v) is 22.9. The molecule has 67 heavy (non-hydrogen) atoms. The van der Waals surface area contributed by atoms with E-state index < -0.39 is 55.1 Å². The molecule has 0 aromatic heterocycles. The summed E-state index contributed by atoms with van der Waals surface area (Å²) in [5, 5.41) is 13.2. The summed E-state index contributed by atoms with van der Waals surface area (Å²) in [6.45, 7) is 10.4. The third kappa shape index (κ3) is 13.2.